The highest BCUT2D eigenvalue weighted by Crippen LogP contribution is 2.24. The number of nitrogens with two attached hydrogens (primary N) is 2. The number of benzene rings is 1. The molecule has 4 nitrogen and oxygen atoms in total. The molecule has 0 aliphatic rings. The standard InChI is InChI=1S/C12H20N4S/c1-4-15(5-2)10-6-7-11(9(3)8-10)16(14)12(13)17/h6-8H,4-5,14H2,1-3H3,(H2,13,17). The van der Waals surface area contributed by atoms with Gasteiger partial charge in [-0.3, -0.25) is 5.01 Å². The van der Waals surface area contributed by atoms with Gasteiger partial charge in [0.15, 0.2) is 5.11 Å². The van der Waals surface area contributed by atoms with Crippen LogP contribution in [0.3, 0.4) is 0 Å². The first-order valence-electron chi connectivity index (χ1n) is 5.71. The fraction of sp³-hybridized carbons (Fsp3) is 0.417. The van der Waals surface area contributed by atoms with Crippen molar-refractivity contribution >= 4 is 28.7 Å². The highest BCUT2D eigenvalue weighted by atomic mass is 32.1. The summed E-state index contributed by atoms with van der Waals surface area (Å²) < 4.78 is 0. The molecule has 0 fully saturated rings. The molecule has 0 aromatic heterocycles. The summed E-state index contributed by atoms with van der Waals surface area (Å²) in [6.07, 6.45) is 0. The van der Waals surface area contributed by atoms with E-state index in [4.69, 9.17) is 23.8 Å². The molecular formula is C12H20N4S. The third kappa shape index (κ3) is 3.08. The van der Waals surface area contributed by atoms with Gasteiger partial charge in [-0.25, -0.2) is 5.84 Å². The van der Waals surface area contributed by atoms with Crippen LogP contribution >= 0.6 is 12.2 Å². The molecule has 5 heteroatoms. The number of hydrazine groups is 1. The molecule has 0 radical (unpaired) electrons. The first-order valence-corrected chi connectivity index (χ1v) is 6.11. The van der Waals surface area contributed by atoms with Gasteiger partial charge in [0.1, 0.15) is 0 Å². The van der Waals surface area contributed by atoms with Crippen LogP contribution in [0, 0.1) is 6.92 Å². The Hall–Kier alpha value is -1.33. The zero-order valence-corrected chi connectivity index (χ0v) is 11.4. The number of rotatable bonds is 4. The van der Waals surface area contributed by atoms with Gasteiger partial charge in [0.25, 0.3) is 0 Å². The van der Waals surface area contributed by atoms with Crippen LogP contribution in [0.5, 0.6) is 0 Å². The van der Waals surface area contributed by atoms with Crippen LogP contribution in [0.2, 0.25) is 0 Å². The van der Waals surface area contributed by atoms with Crippen molar-refractivity contribution in [3.63, 3.8) is 0 Å². The van der Waals surface area contributed by atoms with E-state index in [1.807, 2.05) is 19.1 Å². The van der Waals surface area contributed by atoms with Crippen molar-refractivity contribution in [1.82, 2.24) is 0 Å². The van der Waals surface area contributed by atoms with E-state index < -0.39 is 0 Å². The number of hydrogen-bond donors (Lipinski definition) is 2. The summed E-state index contributed by atoms with van der Waals surface area (Å²) in [7, 11) is 0. The molecule has 0 bridgehead atoms. The normalized spacial score (nSPS) is 10.1. The average molecular weight is 252 g/mol. The third-order valence-corrected chi connectivity index (χ3v) is 3.00. The lowest BCUT2D eigenvalue weighted by atomic mass is 10.1. The predicted octanol–water partition coefficient (Wildman–Crippen LogP) is 1.76. The molecule has 0 aliphatic heterocycles. The van der Waals surface area contributed by atoms with E-state index in [-0.39, 0.29) is 5.11 Å². The second kappa shape index (κ2) is 5.84. The molecule has 0 spiro atoms. The maximum absolute atomic E-state index is 5.78. The van der Waals surface area contributed by atoms with Gasteiger partial charge in [0.05, 0.1) is 5.69 Å². The SMILES string of the molecule is CCN(CC)c1ccc(N(N)C(N)=S)c(C)c1. The van der Waals surface area contributed by atoms with E-state index in [1.165, 1.54) is 10.7 Å². The van der Waals surface area contributed by atoms with Crippen LogP contribution in [0.15, 0.2) is 18.2 Å². The minimum Gasteiger partial charge on any atom is -0.375 e. The molecule has 0 aliphatic carbocycles. The third-order valence-electron chi connectivity index (χ3n) is 2.81. The monoisotopic (exact) mass is 252 g/mol. The quantitative estimate of drug-likeness (QED) is 0.486. The second-order valence-corrected chi connectivity index (χ2v) is 4.27. The molecule has 94 valence electrons. The molecule has 0 amide bonds. The molecular weight excluding hydrogens is 232 g/mol. The van der Waals surface area contributed by atoms with Crippen LogP contribution in [-0.4, -0.2) is 18.2 Å². The van der Waals surface area contributed by atoms with E-state index in [1.54, 1.807) is 0 Å². The van der Waals surface area contributed by atoms with Gasteiger partial charge in [-0.05, 0) is 56.8 Å². The molecule has 0 heterocycles. The molecule has 17 heavy (non-hydrogen) atoms. The largest absolute Gasteiger partial charge is 0.375 e. The van der Waals surface area contributed by atoms with Crippen molar-refractivity contribution in [2.24, 2.45) is 11.6 Å². The van der Waals surface area contributed by atoms with Crippen molar-refractivity contribution in [3.05, 3.63) is 23.8 Å². The first kappa shape index (κ1) is 13.7. The summed E-state index contributed by atoms with van der Waals surface area (Å²) in [6, 6.07) is 6.08. The van der Waals surface area contributed by atoms with Crippen LogP contribution < -0.4 is 21.5 Å². The highest BCUT2D eigenvalue weighted by molar-refractivity contribution is 7.80. The summed E-state index contributed by atoms with van der Waals surface area (Å²) >= 11 is 4.86. The molecule has 0 atom stereocenters. The zero-order chi connectivity index (χ0) is 13.0. The van der Waals surface area contributed by atoms with E-state index in [2.05, 4.69) is 24.8 Å². The van der Waals surface area contributed by atoms with Gasteiger partial charge in [-0.15, -0.1) is 0 Å². The summed E-state index contributed by atoms with van der Waals surface area (Å²) in [6.45, 7) is 8.24. The van der Waals surface area contributed by atoms with Crippen molar-refractivity contribution in [2.75, 3.05) is 23.0 Å². The lowest BCUT2D eigenvalue weighted by Gasteiger charge is -2.24. The van der Waals surface area contributed by atoms with Crippen LogP contribution in [0.4, 0.5) is 11.4 Å². The van der Waals surface area contributed by atoms with E-state index in [9.17, 15) is 0 Å². The molecule has 1 rings (SSSR count). The molecule has 0 unspecified atom stereocenters. The Morgan fingerprint density at radius 1 is 1.29 bits per heavy atom. The van der Waals surface area contributed by atoms with Crippen LogP contribution in [0.1, 0.15) is 19.4 Å². The van der Waals surface area contributed by atoms with Gasteiger partial charge >= 0.3 is 0 Å². The van der Waals surface area contributed by atoms with Crippen LogP contribution in [-0.2, 0) is 0 Å². The zero-order valence-electron chi connectivity index (χ0n) is 10.6. The van der Waals surface area contributed by atoms with Crippen molar-refractivity contribution in [3.8, 4) is 0 Å². The minimum atomic E-state index is 0.170. The maximum Gasteiger partial charge on any atom is 0.185 e. The number of thiocarbonyl (C=S) groups is 1. The second-order valence-electron chi connectivity index (χ2n) is 3.85. The van der Waals surface area contributed by atoms with Crippen molar-refractivity contribution in [2.45, 2.75) is 20.8 Å². The molecule has 0 saturated heterocycles. The van der Waals surface area contributed by atoms with Gasteiger partial charge in [0.2, 0.25) is 0 Å². The number of nitrogens with zero attached hydrogens (tertiary/aromatic N) is 2. The number of hydrogen-bond acceptors (Lipinski definition) is 3. The lowest BCUT2D eigenvalue weighted by molar-refractivity contribution is 0.865. The maximum atomic E-state index is 5.78. The van der Waals surface area contributed by atoms with Crippen molar-refractivity contribution in [1.29, 1.82) is 0 Å². The lowest BCUT2D eigenvalue weighted by Crippen LogP contribution is -2.41. The fourth-order valence-electron chi connectivity index (χ4n) is 1.81. The molecule has 0 saturated carbocycles. The Kier molecular flexibility index (Phi) is 4.72. The molecule has 4 N–H and O–H groups in total. The van der Waals surface area contributed by atoms with E-state index in [0.29, 0.717) is 0 Å². The summed E-state index contributed by atoms with van der Waals surface area (Å²) in [5.74, 6) is 5.78. The Morgan fingerprint density at radius 3 is 2.29 bits per heavy atom. The first-order chi connectivity index (χ1) is 8.01. The summed E-state index contributed by atoms with van der Waals surface area (Å²) in [5, 5.41) is 1.50. The highest BCUT2D eigenvalue weighted by Gasteiger charge is 2.09. The molecule has 1 aromatic carbocycles. The summed E-state index contributed by atoms with van der Waals surface area (Å²) in [5.41, 5.74) is 8.60. The minimum absolute atomic E-state index is 0.170. The Balaban J connectivity index is 3.05. The van der Waals surface area contributed by atoms with Gasteiger partial charge in [-0.2, -0.15) is 0 Å². The van der Waals surface area contributed by atoms with Crippen molar-refractivity contribution < 1.29 is 0 Å². The number of anilines is 2. The topological polar surface area (TPSA) is 58.5 Å². The fourth-order valence-corrected chi connectivity index (χ4v) is 1.91. The predicted molar refractivity (Wildman–Crippen MR) is 78.2 cm³/mol. The van der Waals surface area contributed by atoms with Gasteiger partial charge in [-0.1, -0.05) is 0 Å². The Bertz CT molecular complexity index is 401. The van der Waals surface area contributed by atoms with Gasteiger partial charge in [0, 0.05) is 18.8 Å². The van der Waals surface area contributed by atoms with E-state index in [0.717, 1.165) is 24.3 Å². The number of aryl methyl sites for hydroxylation is 1. The summed E-state index contributed by atoms with van der Waals surface area (Å²) in [4.78, 5) is 2.28. The average Bonchev–Trinajstić information content (AvgIpc) is 2.30. The Morgan fingerprint density at radius 2 is 1.88 bits per heavy atom. The van der Waals surface area contributed by atoms with E-state index >= 15 is 0 Å². The Labute approximate surface area is 108 Å². The molecule has 1 aromatic rings. The smallest absolute Gasteiger partial charge is 0.185 e. The van der Waals surface area contributed by atoms with Crippen LogP contribution in [0.25, 0.3) is 0 Å². The van der Waals surface area contributed by atoms with Gasteiger partial charge < -0.3 is 10.6 Å².